The van der Waals surface area contributed by atoms with Crippen LogP contribution in [0.5, 0.6) is 0 Å². The fourth-order valence-corrected chi connectivity index (χ4v) is 1.33. The van der Waals surface area contributed by atoms with Crippen molar-refractivity contribution < 1.29 is 4.39 Å². The Morgan fingerprint density at radius 1 is 1.36 bits per heavy atom. The Kier molecular flexibility index (Phi) is 3.02. The van der Waals surface area contributed by atoms with Crippen LogP contribution in [0.2, 0.25) is 0 Å². The van der Waals surface area contributed by atoms with Crippen LogP contribution in [0.15, 0.2) is 18.2 Å². The van der Waals surface area contributed by atoms with Gasteiger partial charge in [0, 0.05) is 17.4 Å². The third kappa shape index (κ3) is 1.79. The average molecular weight is 218 g/mol. The van der Waals surface area contributed by atoms with Gasteiger partial charge in [0.15, 0.2) is 0 Å². The lowest BCUT2D eigenvalue weighted by Crippen LogP contribution is -2.01. The van der Waals surface area contributed by atoms with Crippen molar-refractivity contribution in [1.29, 1.82) is 0 Å². The van der Waals surface area contributed by atoms with Crippen LogP contribution in [0.1, 0.15) is 11.1 Å². The Bertz CT molecular complexity index is 228. The van der Waals surface area contributed by atoms with Crippen molar-refractivity contribution in [2.45, 2.75) is 11.9 Å². The first kappa shape index (κ1) is 8.68. The molecular weight excluding hydrogens is 209 g/mol. The predicted octanol–water partition coefficient (Wildman–Crippen LogP) is 2.18. The number of hydrogen-bond donors (Lipinski definition) is 1. The fourth-order valence-electron chi connectivity index (χ4n) is 0.894. The second kappa shape index (κ2) is 3.83. The Morgan fingerprint density at radius 3 is 2.55 bits per heavy atom. The predicted molar refractivity (Wildman–Crippen MR) is 46.9 cm³/mol. The van der Waals surface area contributed by atoms with E-state index >= 15 is 0 Å². The van der Waals surface area contributed by atoms with Crippen LogP contribution in [-0.4, -0.2) is 0 Å². The molecule has 2 N–H and O–H groups in total. The molecule has 0 aromatic heterocycles. The van der Waals surface area contributed by atoms with Crippen molar-refractivity contribution in [1.82, 2.24) is 0 Å². The van der Waals surface area contributed by atoms with Gasteiger partial charge in [-0.3, -0.25) is 0 Å². The van der Waals surface area contributed by atoms with E-state index in [1.54, 1.807) is 12.1 Å². The zero-order valence-electron chi connectivity index (χ0n) is 5.98. The van der Waals surface area contributed by atoms with Gasteiger partial charge >= 0.3 is 0 Å². The van der Waals surface area contributed by atoms with E-state index < -0.39 is 0 Å². The quantitative estimate of drug-likeness (QED) is 0.756. The van der Waals surface area contributed by atoms with Crippen LogP contribution in [0.4, 0.5) is 4.39 Å². The van der Waals surface area contributed by atoms with E-state index in [1.165, 1.54) is 0 Å². The summed E-state index contributed by atoms with van der Waals surface area (Å²) in [7, 11) is 0. The van der Waals surface area contributed by atoms with Crippen molar-refractivity contribution >= 4 is 15.9 Å². The van der Waals surface area contributed by atoms with E-state index in [1.807, 2.05) is 6.07 Å². The molecule has 0 amide bonds. The van der Waals surface area contributed by atoms with Crippen LogP contribution < -0.4 is 5.73 Å². The van der Waals surface area contributed by atoms with E-state index in [-0.39, 0.29) is 12.4 Å². The summed E-state index contributed by atoms with van der Waals surface area (Å²) in [5.41, 5.74) is 6.55. The number of nitrogens with two attached hydrogens (primary N) is 1. The topological polar surface area (TPSA) is 26.0 Å². The van der Waals surface area contributed by atoms with Gasteiger partial charge < -0.3 is 5.73 Å². The van der Waals surface area contributed by atoms with Crippen LogP contribution in [0.3, 0.4) is 0 Å². The van der Waals surface area contributed by atoms with Gasteiger partial charge in [0.25, 0.3) is 0 Å². The van der Waals surface area contributed by atoms with Gasteiger partial charge in [-0.2, -0.15) is 0 Å². The van der Waals surface area contributed by atoms with Crippen LogP contribution in [-0.2, 0) is 11.9 Å². The Morgan fingerprint density at radius 2 is 2.00 bits per heavy atom. The van der Waals surface area contributed by atoms with E-state index in [0.717, 1.165) is 0 Å². The standard InChI is InChI=1S/C8H9BrFN/c9-4-6-2-1-3-7(5-11)8(6)10/h1-3H,4-5,11H2. The molecule has 0 aliphatic carbocycles. The number of hydrogen-bond acceptors (Lipinski definition) is 1. The highest BCUT2D eigenvalue weighted by molar-refractivity contribution is 9.08. The summed E-state index contributed by atoms with van der Waals surface area (Å²) in [4.78, 5) is 0. The summed E-state index contributed by atoms with van der Waals surface area (Å²) in [5, 5.41) is 0.534. The summed E-state index contributed by atoms with van der Waals surface area (Å²) < 4.78 is 13.2. The lowest BCUT2D eigenvalue weighted by Gasteiger charge is -2.02. The van der Waals surface area contributed by atoms with Crippen molar-refractivity contribution in [3.8, 4) is 0 Å². The minimum absolute atomic E-state index is 0.188. The Hall–Kier alpha value is -0.410. The first-order chi connectivity index (χ1) is 5.29. The van der Waals surface area contributed by atoms with E-state index in [2.05, 4.69) is 15.9 Å². The molecule has 1 aromatic rings. The first-order valence-corrected chi connectivity index (χ1v) is 4.44. The molecule has 0 fully saturated rings. The molecule has 1 nitrogen and oxygen atoms in total. The van der Waals surface area contributed by atoms with Gasteiger partial charge in [-0.05, 0) is 5.56 Å². The first-order valence-electron chi connectivity index (χ1n) is 3.32. The Balaban J connectivity index is 3.10. The van der Waals surface area contributed by atoms with Gasteiger partial charge in [0.2, 0.25) is 0 Å². The van der Waals surface area contributed by atoms with Crippen molar-refractivity contribution in [2.75, 3.05) is 0 Å². The van der Waals surface area contributed by atoms with Gasteiger partial charge in [-0.25, -0.2) is 4.39 Å². The van der Waals surface area contributed by atoms with Gasteiger partial charge in [-0.15, -0.1) is 0 Å². The summed E-state index contributed by atoms with van der Waals surface area (Å²) in [6, 6.07) is 5.24. The highest BCUT2D eigenvalue weighted by Crippen LogP contribution is 2.14. The van der Waals surface area contributed by atoms with E-state index in [9.17, 15) is 4.39 Å². The Labute approximate surface area is 73.5 Å². The summed E-state index contributed by atoms with van der Waals surface area (Å²) in [5.74, 6) is -0.188. The van der Waals surface area contributed by atoms with Gasteiger partial charge in [-0.1, -0.05) is 34.1 Å². The SMILES string of the molecule is NCc1cccc(CBr)c1F. The van der Waals surface area contributed by atoms with E-state index in [0.29, 0.717) is 16.5 Å². The largest absolute Gasteiger partial charge is 0.326 e. The molecule has 11 heavy (non-hydrogen) atoms. The fraction of sp³-hybridized carbons (Fsp3) is 0.250. The van der Waals surface area contributed by atoms with Crippen LogP contribution in [0.25, 0.3) is 0 Å². The number of rotatable bonds is 2. The molecule has 0 radical (unpaired) electrons. The molecule has 0 saturated carbocycles. The van der Waals surface area contributed by atoms with E-state index in [4.69, 9.17) is 5.73 Å². The molecule has 0 spiro atoms. The zero-order valence-corrected chi connectivity index (χ0v) is 7.57. The average Bonchev–Trinajstić information content (AvgIpc) is 2.05. The highest BCUT2D eigenvalue weighted by Gasteiger charge is 2.03. The summed E-state index contributed by atoms with van der Waals surface area (Å²) in [6.45, 7) is 0.257. The molecule has 1 aromatic carbocycles. The second-order valence-corrected chi connectivity index (χ2v) is 2.79. The lowest BCUT2D eigenvalue weighted by molar-refractivity contribution is 0.601. The van der Waals surface area contributed by atoms with Crippen molar-refractivity contribution in [2.24, 2.45) is 5.73 Å². The molecule has 1 rings (SSSR count). The van der Waals surface area contributed by atoms with Crippen LogP contribution in [0, 0.1) is 5.82 Å². The number of benzene rings is 1. The molecule has 0 aliphatic rings. The number of alkyl halides is 1. The molecule has 0 atom stereocenters. The van der Waals surface area contributed by atoms with Gasteiger partial charge in [0.1, 0.15) is 5.82 Å². The highest BCUT2D eigenvalue weighted by atomic mass is 79.9. The van der Waals surface area contributed by atoms with Crippen LogP contribution >= 0.6 is 15.9 Å². The van der Waals surface area contributed by atoms with Crippen molar-refractivity contribution in [3.63, 3.8) is 0 Å². The molecule has 0 aliphatic heterocycles. The molecular formula is C8H9BrFN. The zero-order chi connectivity index (χ0) is 8.27. The smallest absolute Gasteiger partial charge is 0.131 e. The molecule has 0 bridgehead atoms. The van der Waals surface area contributed by atoms with Gasteiger partial charge in [0.05, 0.1) is 0 Å². The third-order valence-corrected chi connectivity index (χ3v) is 2.13. The maximum Gasteiger partial charge on any atom is 0.131 e. The summed E-state index contributed by atoms with van der Waals surface area (Å²) >= 11 is 3.19. The lowest BCUT2D eigenvalue weighted by atomic mass is 10.1. The third-order valence-electron chi connectivity index (χ3n) is 1.52. The second-order valence-electron chi connectivity index (χ2n) is 2.23. The molecule has 60 valence electrons. The summed E-state index contributed by atoms with van der Waals surface area (Å²) in [6.07, 6.45) is 0. The monoisotopic (exact) mass is 217 g/mol. The molecule has 0 unspecified atom stereocenters. The normalized spacial score (nSPS) is 10.1. The maximum absolute atomic E-state index is 13.2. The minimum Gasteiger partial charge on any atom is -0.326 e. The minimum atomic E-state index is -0.188. The van der Waals surface area contributed by atoms with Crippen molar-refractivity contribution in [3.05, 3.63) is 35.1 Å². The molecule has 0 heterocycles. The number of halogens is 2. The molecule has 3 heteroatoms. The molecule has 0 saturated heterocycles. The maximum atomic E-state index is 13.2.